The van der Waals surface area contributed by atoms with Crippen molar-refractivity contribution in [3.05, 3.63) is 0 Å². The summed E-state index contributed by atoms with van der Waals surface area (Å²) in [5.41, 5.74) is 5.66. The maximum atomic E-state index is 11.9. The Balaban J connectivity index is 2.35. The first-order valence-corrected chi connectivity index (χ1v) is 6.49. The van der Waals surface area contributed by atoms with Crippen molar-refractivity contribution in [2.45, 2.75) is 38.4 Å². The van der Waals surface area contributed by atoms with Gasteiger partial charge in [-0.3, -0.25) is 4.79 Å². The van der Waals surface area contributed by atoms with E-state index in [0.29, 0.717) is 19.0 Å². The van der Waals surface area contributed by atoms with Gasteiger partial charge in [-0.15, -0.1) is 0 Å². The van der Waals surface area contributed by atoms with E-state index in [1.165, 1.54) is 0 Å². The molecule has 1 heterocycles. The average Bonchev–Trinajstić information content (AvgIpc) is 2.33. The molecule has 1 aliphatic heterocycles. The molecular formula is C12H21F3N2O2. The Hall–Kier alpha value is -0.820. The Morgan fingerprint density at radius 2 is 2.16 bits per heavy atom. The van der Waals surface area contributed by atoms with E-state index < -0.39 is 12.8 Å². The van der Waals surface area contributed by atoms with Gasteiger partial charge < -0.3 is 15.4 Å². The van der Waals surface area contributed by atoms with Gasteiger partial charge in [-0.1, -0.05) is 6.92 Å². The van der Waals surface area contributed by atoms with E-state index in [0.717, 1.165) is 12.8 Å². The molecule has 1 rings (SSSR count). The Labute approximate surface area is 111 Å². The fourth-order valence-corrected chi connectivity index (χ4v) is 2.41. The molecule has 2 N–H and O–H groups in total. The first-order valence-electron chi connectivity index (χ1n) is 6.49. The summed E-state index contributed by atoms with van der Waals surface area (Å²) < 4.78 is 40.0. The number of hydrogen-bond donors (Lipinski definition) is 1. The molecule has 1 aliphatic rings. The van der Waals surface area contributed by atoms with Crippen LogP contribution in [-0.2, 0) is 9.53 Å². The monoisotopic (exact) mass is 282 g/mol. The zero-order valence-corrected chi connectivity index (χ0v) is 11.1. The maximum absolute atomic E-state index is 11.9. The van der Waals surface area contributed by atoms with E-state index in [1.54, 1.807) is 4.90 Å². The van der Waals surface area contributed by atoms with Crippen molar-refractivity contribution in [3.63, 3.8) is 0 Å². The lowest BCUT2D eigenvalue weighted by atomic mass is 9.90. The van der Waals surface area contributed by atoms with E-state index in [-0.39, 0.29) is 25.0 Å². The fraction of sp³-hybridized carbons (Fsp3) is 0.917. The molecular weight excluding hydrogens is 261 g/mol. The second kappa shape index (κ2) is 7.09. The molecule has 1 saturated heterocycles. The SMILES string of the molecule is C[C@@H]1CCCN(C(=O)CCOCC(F)(F)F)[C@@H]1CN. The fourth-order valence-electron chi connectivity index (χ4n) is 2.41. The number of ether oxygens (including phenoxy) is 1. The summed E-state index contributed by atoms with van der Waals surface area (Å²) in [4.78, 5) is 13.6. The second-order valence-electron chi connectivity index (χ2n) is 4.93. The van der Waals surface area contributed by atoms with Crippen LogP contribution in [-0.4, -0.2) is 49.3 Å². The molecule has 2 atom stereocenters. The molecule has 0 radical (unpaired) electrons. The van der Waals surface area contributed by atoms with Crippen LogP contribution >= 0.6 is 0 Å². The lowest BCUT2D eigenvalue weighted by Crippen LogP contribution is -2.51. The van der Waals surface area contributed by atoms with Crippen LogP contribution in [0.15, 0.2) is 0 Å². The summed E-state index contributed by atoms with van der Waals surface area (Å²) >= 11 is 0. The zero-order chi connectivity index (χ0) is 14.5. The third-order valence-electron chi connectivity index (χ3n) is 3.40. The predicted molar refractivity (Wildman–Crippen MR) is 64.4 cm³/mol. The molecule has 0 aliphatic carbocycles. The smallest absolute Gasteiger partial charge is 0.372 e. The van der Waals surface area contributed by atoms with Crippen LogP contribution in [0.4, 0.5) is 13.2 Å². The van der Waals surface area contributed by atoms with Gasteiger partial charge in [-0.05, 0) is 18.8 Å². The molecule has 0 bridgehead atoms. The molecule has 0 aromatic heterocycles. The molecule has 0 aromatic rings. The number of rotatable bonds is 5. The van der Waals surface area contributed by atoms with Gasteiger partial charge in [0.05, 0.1) is 13.0 Å². The highest BCUT2D eigenvalue weighted by Crippen LogP contribution is 2.23. The highest BCUT2D eigenvalue weighted by Gasteiger charge is 2.31. The molecule has 0 spiro atoms. The summed E-state index contributed by atoms with van der Waals surface area (Å²) in [6, 6.07) is -0.0103. The van der Waals surface area contributed by atoms with Crippen molar-refractivity contribution in [2.75, 3.05) is 26.3 Å². The summed E-state index contributed by atoms with van der Waals surface area (Å²) in [5, 5.41) is 0. The Morgan fingerprint density at radius 3 is 2.74 bits per heavy atom. The number of alkyl halides is 3. The molecule has 0 unspecified atom stereocenters. The molecule has 112 valence electrons. The van der Waals surface area contributed by atoms with Crippen LogP contribution in [0.1, 0.15) is 26.2 Å². The normalized spacial score (nSPS) is 24.6. The van der Waals surface area contributed by atoms with Gasteiger partial charge in [0.1, 0.15) is 6.61 Å². The van der Waals surface area contributed by atoms with Crippen molar-refractivity contribution in [1.29, 1.82) is 0 Å². The lowest BCUT2D eigenvalue weighted by Gasteiger charge is -2.39. The number of carbonyl (C=O) groups excluding carboxylic acids is 1. The topological polar surface area (TPSA) is 55.6 Å². The lowest BCUT2D eigenvalue weighted by molar-refractivity contribution is -0.175. The number of halogens is 3. The minimum Gasteiger partial charge on any atom is -0.372 e. The molecule has 7 heteroatoms. The number of piperidine rings is 1. The van der Waals surface area contributed by atoms with Gasteiger partial charge in [-0.2, -0.15) is 13.2 Å². The van der Waals surface area contributed by atoms with Crippen LogP contribution < -0.4 is 5.73 Å². The van der Waals surface area contributed by atoms with E-state index in [1.807, 2.05) is 6.92 Å². The number of carbonyl (C=O) groups is 1. The van der Waals surface area contributed by atoms with E-state index in [9.17, 15) is 18.0 Å². The Bertz CT molecular complexity index is 297. The third-order valence-corrected chi connectivity index (χ3v) is 3.40. The van der Waals surface area contributed by atoms with Crippen LogP contribution in [0.2, 0.25) is 0 Å². The first-order chi connectivity index (χ1) is 8.85. The largest absolute Gasteiger partial charge is 0.411 e. The van der Waals surface area contributed by atoms with E-state index in [4.69, 9.17) is 5.73 Å². The second-order valence-corrected chi connectivity index (χ2v) is 4.93. The quantitative estimate of drug-likeness (QED) is 0.778. The summed E-state index contributed by atoms with van der Waals surface area (Å²) in [6.07, 6.45) is -2.44. The highest BCUT2D eigenvalue weighted by molar-refractivity contribution is 5.76. The van der Waals surface area contributed by atoms with Crippen molar-refractivity contribution in [2.24, 2.45) is 11.7 Å². The van der Waals surface area contributed by atoms with Crippen LogP contribution in [0.25, 0.3) is 0 Å². The Morgan fingerprint density at radius 1 is 1.47 bits per heavy atom. The number of amides is 1. The maximum Gasteiger partial charge on any atom is 0.411 e. The minimum absolute atomic E-state index is 0.0103. The summed E-state index contributed by atoms with van der Waals surface area (Å²) in [5.74, 6) is 0.156. The zero-order valence-electron chi connectivity index (χ0n) is 11.1. The molecule has 0 saturated carbocycles. The number of nitrogens with zero attached hydrogens (tertiary/aromatic N) is 1. The third kappa shape index (κ3) is 5.36. The number of likely N-dealkylation sites (tertiary alicyclic amines) is 1. The van der Waals surface area contributed by atoms with Crippen molar-refractivity contribution >= 4 is 5.91 Å². The van der Waals surface area contributed by atoms with Crippen LogP contribution in [0.3, 0.4) is 0 Å². The number of nitrogens with two attached hydrogens (primary N) is 1. The highest BCUT2D eigenvalue weighted by atomic mass is 19.4. The molecule has 1 amide bonds. The standard InChI is InChI=1S/C12H21F3N2O2/c1-9-3-2-5-17(10(9)7-16)11(18)4-6-19-8-12(13,14)15/h9-10H,2-8,16H2,1H3/t9-,10-/m1/s1. The Kier molecular flexibility index (Phi) is 6.06. The van der Waals surface area contributed by atoms with Gasteiger partial charge >= 0.3 is 6.18 Å². The minimum atomic E-state index is -4.34. The first kappa shape index (κ1) is 16.2. The van der Waals surface area contributed by atoms with Crippen molar-refractivity contribution in [1.82, 2.24) is 4.90 Å². The number of hydrogen-bond acceptors (Lipinski definition) is 3. The van der Waals surface area contributed by atoms with E-state index in [2.05, 4.69) is 4.74 Å². The predicted octanol–water partition coefficient (Wildman–Crippen LogP) is 1.54. The van der Waals surface area contributed by atoms with Gasteiger partial charge in [0.25, 0.3) is 0 Å². The molecule has 19 heavy (non-hydrogen) atoms. The molecule has 1 fully saturated rings. The summed E-state index contributed by atoms with van der Waals surface area (Å²) in [6.45, 7) is 1.54. The molecule has 4 nitrogen and oxygen atoms in total. The van der Waals surface area contributed by atoms with Gasteiger partial charge in [0, 0.05) is 19.1 Å². The van der Waals surface area contributed by atoms with Crippen LogP contribution in [0.5, 0.6) is 0 Å². The molecule has 0 aromatic carbocycles. The average molecular weight is 282 g/mol. The van der Waals surface area contributed by atoms with Crippen molar-refractivity contribution in [3.8, 4) is 0 Å². The van der Waals surface area contributed by atoms with Gasteiger partial charge in [0.2, 0.25) is 5.91 Å². The van der Waals surface area contributed by atoms with E-state index >= 15 is 0 Å². The van der Waals surface area contributed by atoms with Crippen molar-refractivity contribution < 1.29 is 22.7 Å². The van der Waals surface area contributed by atoms with Gasteiger partial charge in [-0.25, -0.2) is 0 Å². The summed E-state index contributed by atoms with van der Waals surface area (Å²) in [7, 11) is 0. The van der Waals surface area contributed by atoms with Gasteiger partial charge in [0.15, 0.2) is 0 Å². The van der Waals surface area contributed by atoms with Crippen LogP contribution in [0, 0.1) is 5.92 Å².